The highest BCUT2D eigenvalue weighted by Crippen LogP contribution is 2.17. The van der Waals surface area contributed by atoms with Gasteiger partial charge in [-0.1, -0.05) is 34.7 Å². The maximum absolute atomic E-state index is 11.8. The summed E-state index contributed by atoms with van der Waals surface area (Å²) in [7, 11) is 0. The molecule has 0 heterocycles. The second-order valence-corrected chi connectivity index (χ2v) is 7.08. The van der Waals surface area contributed by atoms with E-state index in [4.69, 9.17) is 0 Å². The monoisotopic (exact) mass is 251 g/mol. The third kappa shape index (κ3) is 5.37. The average Bonchev–Trinajstić information content (AvgIpc) is 2.26. The minimum absolute atomic E-state index is 0.270. The van der Waals surface area contributed by atoms with Crippen LogP contribution in [0.15, 0.2) is 34.7 Å². The topological polar surface area (TPSA) is 35.4 Å². The minimum Gasteiger partial charge on any atom is -0.591 e. The Hall–Kier alpha value is -0.800. The summed E-state index contributed by atoms with van der Waals surface area (Å²) in [4.78, 5) is 0. The summed E-state index contributed by atoms with van der Waals surface area (Å²) in [5.74, 6) is 0. The van der Waals surface area contributed by atoms with Crippen molar-refractivity contribution in [1.82, 2.24) is 0 Å². The molecule has 2 nitrogen and oxygen atoms in total. The lowest BCUT2D eigenvalue weighted by Crippen LogP contribution is -2.26. The highest BCUT2D eigenvalue weighted by molar-refractivity contribution is 7.91. The third-order valence-electron chi connectivity index (χ3n) is 2.38. The molecule has 94 valence electrons. The molecule has 1 aromatic rings. The smallest absolute Gasteiger partial charge is 0.144 e. The summed E-state index contributed by atoms with van der Waals surface area (Å²) >= 11 is -1.14. The quantitative estimate of drug-likeness (QED) is 0.595. The lowest BCUT2D eigenvalue weighted by atomic mass is 10.1. The van der Waals surface area contributed by atoms with Crippen LogP contribution in [0.1, 0.15) is 39.7 Å². The highest BCUT2D eigenvalue weighted by atomic mass is 32.2. The van der Waals surface area contributed by atoms with E-state index in [0.717, 1.165) is 18.6 Å². The van der Waals surface area contributed by atoms with Crippen molar-refractivity contribution < 1.29 is 4.55 Å². The molecule has 0 aliphatic heterocycles. The molecule has 0 aliphatic carbocycles. The Kier molecular flexibility index (Phi) is 5.22. The van der Waals surface area contributed by atoms with Crippen LogP contribution in [-0.2, 0) is 17.8 Å². The van der Waals surface area contributed by atoms with Crippen molar-refractivity contribution in [3.05, 3.63) is 35.9 Å². The van der Waals surface area contributed by atoms with E-state index in [-0.39, 0.29) is 4.75 Å². The molecule has 0 aliphatic rings. The summed E-state index contributed by atoms with van der Waals surface area (Å²) in [5.41, 5.74) is 2.26. The Morgan fingerprint density at radius 1 is 1.24 bits per heavy atom. The molecule has 0 radical (unpaired) electrons. The summed E-state index contributed by atoms with van der Waals surface area (Å²) in [5, 5.41) is 0. The first-order valence-electron chi connectivity index (χ1n) is 5.89. The maximum Gasteiger partial charge on any atom is 0.144 e. The summed E-state index contributed by atoms with van der Waals surface area (Å²) in [6.45, 7) is 7.78. The molecule has 1 aromatic carbocycles. The molecule has 0 fully saturated rings. The van der Waals surface area contributed by atoms with Crippen LogP contribution >= 0.6 is 0 Å². The molecule has 0 aromatic heterocycles. The van der Waals surface area contributed by atoms with Gasteiger partial charge in [0.1, 0.15) is 16.1 Å². The van der Waals surface area contributed by atoms with Crippen LogP contribution in [0.25, 0.3) is 0 Å². The Balaban J connectivity index is 2.50. The first-order chi connectivity index (χ1) is 7.89. The Morgan fingerprint density at radius 3 is 2.35 bits per heavy atom. The number of aryl methyl sites for hydroxylation is 1. The summed E-state index contributed by atoms with van der Waals surface area (Å²) in [6, 6.07) is 10.3. The lowest BCUT2D eigenvalue weighted by Gasteiger charge is -2.18. The van der Waals surface area contributed by atoms with E-state index in [0.29, 0.717) is 0 Å². The number of nitrogens with zero attached hydrogens (tertiary/aromatic N) is 1. The predicted molar refractivity (Wildman–Crippen MR) is 75.8 cm³/mol. The van der Waals surface area contributed by atoms with Crippen molar-refractivity contribution in [3.8, 4) is 0 Å². The molecular formula is C14H21NOS. The van der Waals surface area contributed by atoms with Gasteiger partial charge in [-0.05, 0) is 46.1 Å². The van der Waals surface area contributed by atoms with Crippen molar-refractivity contribution in [1.29, 1.82) is 0 Å². The van der Waals surface area contributed by atoms with Gasteiger partial charge in [-0.2, -0.15) is 0 Å². The fraction of sp³-hybridized carbons (Fsp3) is 0.500. The molecule has 0 saturated carbocycles. The first kappa shape index (κ1) is 14.3. The van der Waals surface area contributed by atoms with E-state index >= 15 is 0 Å². The first-order valence-corrected chi connectivity index (χ1v) is 7.00. The van der Waals surface area contributed by atoms with E-state index in [2.05, 4.69) is 16.5 Å². The zero-order valence-corrected chi connectivity index (χ0v) is 11.9. The van der Waals surface area contributed by atoms with E-state index < -0.39 is 11.4 Å². The minimum atomic E-state index is -1.14. The standard InChI is InChI=1S/C14H21NOS/c1-12(15-17(16)14(2,3)4)10-11-13-8-6-5-7-9-13/h5-9H,10-11H2,1-4H3/b15-12+/t17-/m1/s1. The van der Waals surface area contributed by atoms with Gasteiger partial charge in [-0.25, -0.2) is 0 Å². The highest BCUT2D eigenvalue weighted by Gasteiger charge is 2.26. The van der Waals surface area contributed by atoms with Crippen LogP contribution in [0.5, 0.6) is 0 Å². The van der Waals surface area contributed by atoms with Gasteiger partial charge in [-0.15, -0.1) is 0 Å². The SMILES string of the molecule is C/C(CCc1ccccc1)=N\[S@+]([O-])C(C)(C)C. The molecule has 0 spiro atoms. The van der Waals surface area contributed by atoms with Crippen molar-refractivity contribution >= 4 is 17.1 Å². The van der Waals surface area contributed by atoms with Crippen LogP contribution in [-0.4, -0.2) is 15.0 Å². The van der Waals surface area contributed by atoms with Gasteiger partial charge < -0.3 is 4.55 Å². The average molecular weight is 251 g/mol. The van der Waals surface area contributed by atoms with Gasteiger partial charge in [0.2, 0.25) is 0 Å². The molecular weight excluding hydrogens is 230 g/mol. The zero-order valence-electron chi connectivity index (χ0n) is 11.1. The molecule has 0 amide bonds. The van der Waals surface area contributed by atoms with Crippen LogP contribution in [0.2, 0.25) is 0 Å². The van der Waals surface area contributed by atoms with E-state index in [1.807, 2.05) is 45.9 Å². The van der Waals surface area contributed by atoms with Crippen molar-refractivity contribution in [2.24, 2.45) is 4.40 Å². The maximum atomic E-state index is 11.8. The Bertz CT molecular complexity index is 368. The summed E-state index contributed by atoms with van der Waals surface area (Å²) in [6.07, 6.45) is 1.82. The molecule has 0 saturated heterocycles. The second-order valence-electron chi connectivity index (χ2n) is 5.17. The van der Waals surface area contributed by atoms with Gasteiger partial charge in [0.15, 0.2) is 0 Å². The van der Waals surface area contributed by atoms with Crippen molar-refractivity contribution in [2.45, 2.75) is 45.3 Å². The van der Waals surface area contributed by atoms with Gasteiger partial charge in [-0.3, -0.25) is 0 Å². The van der Waals surface area contributed by atoms with E-state index in [9.17, 15) is 4.55 Å². The number of rotatable bonds is 4. The molecule has 17 heavy (non-hydrogen) atoms. The fourth-order valence-corrected chi connectivity index (χ4v) is 1.94. The van der Waals surface area contributed by atoms with Crippen molar-refractivity contribution in [2.75, 3.05) is 0 Å². The largest absolute Gasteiger partial charge is 0.591 e. The van der Waals surface area contributed by atoms with Gasteiger partial charge in [0, 0.05) is 0 Å². The fourth-order valence-electron chi connectivity index (χ4n) is 1.29. The third-order valence-corrected chi connectivity index (χ3v) is 3.91. The molecule has 0 unspecified atom stereocenters. The van der Waals surface area contributed by atoms with Crippen LogP contribution in [0.3, 0.4) is 0 Å². The number of hydrogen-bond donors (Lipinski definition) is 0. The van der Waals surface area contributed by atoms with Gasteiger partial charge in [0.25, 0.3) is 0 Å². The molecule has 1 rings (SSSR count). The lowest BCUT2D eigenvalue weighted by molar-refractivity contribution is 0.561. The van der Waals surface area contributed by atoms with E-state index in [1.54, 1.807) is 0 Å². The molecule has 1 atom stereocenters. The molecule has 0 N–H and O–H groups in total. The van der Waals surface area contributed by atoms with Crippen LogP contribution < -0.4 is 0 Å². The molecule has 0 bridgehead atoms. The van der Waals surface area contributed by atoms with Crippen LogP contribution in [0.4, 0.5) is 0 Å². The second kappa shape index (κ2) is 6.22. The Morgan fingerprint density at radius 2 is 1.82 bits per heavy atom. The van der Waals surface area contributed by atoms with Gasteiger partial charge in [0.05, 0.1) is 5.71 Å². The van der Waals surface area contributed by atoms with Gasteiger partial charge >= 0.3 is 0 Å². The predicted octanol–water partition coefficient (Wildman–Crippen LogP) is 3.54. The van der Waals surface area contributed by atoms with Crippen LogP contribution in [0, 0.1) is 0 Å². The molecule has 3 heteroatoms. The zero-order chi connectivity index (χ0) is 12.9. The van der Waals surface area contributed by atoms with E-state index in [1.165, 1.54) is 5.56 Å². The normalized spacial score (nSPS) is 14.8. The number of hydrogen-bond acceptors (Lipinski definition) is 2. The number of benzene rings is 1. The summed E-state index contributed by atoms with van der Waals surface area (Å²) < 4.78 is 15.8. The van der Waals surface area contributed by atoms with Crippen molar-refractivity contribution in [3.63, 3.8) is 0 Å². The Labute approximate surface area is 107 Å².